The summed E-state index contributed by atoms with van der Waals surface area (Å²) in [6, 6.07) is 6.26. The third kappa shape index (κ3) is 5.76. The summed E-state index contributed by atoms with van der Waals surface area (Å²) in [5, 5.41) is 2.71. The quantitative estimate of drug-likeness (QED) is 0.581. The van der Waals surface area contributed by atoms with Gasteiger partial charge in [-0.1, -0.05) is 0 Å². The fourth-order valence-corrected chi connectivity index (χ4v) is 4.88. The van der Waals surface area contributed by atoms with E-state index in [1.807, 2.05) is 19.1 Å². The number of ether oxygens (including phenoxy) is 1. The van der Waals surface area contributed by atoms with Crippen molar-refractivity contribution < 1.29 is 31.6 Å². The van der Waals surface area contributed by atoms with Gasteiger partial charge in [0.2, 0.25) is 16.8 Å². The van der Waals surface area contributed by atoms with Gasteiger partial charge in [0, 0.05) is 31.5 Å². The first-order valence-electron chi connectivity index (χ1n) is 10.4. The highest BCUT2D eigenvalue weighted by molar-refractivity contribution is 7.89. The highest BCUT2D eigenvalue weighted by atomic mass is 32.2. The number of nitrogens with zero attached hydrogens (tertiary/aromatic N) is 1. The van der Waals surface area contributed by atoms with Crippen molar-refractivity contribution in [2.45, 2.75) is 50.7 Å². The lowest BCUT2D eigenvalue weighted by Crippen LogP contribution is -2.44. The third-order valence-corrected chi connectivity index (χ3v) is 7.04. The van der Waals surface area contributed by atoms with Crippen LogP contribution in [-0.2, 0) is 26.0 Å². The zero-order chi connectivity index (χ0) is 22.4. The van der Waals surface area contributed by atoms with Crippen molar-refractivity contribution in [3.05, 3.63) is 42.0 Å². The van der Waals surface area contributed by atoms with Gasteiger partial charge in [0.05, 0.1) is 12.9 Å². The molecule has 31 heavy (non-hydrogen) atoms. The number of amides is 1. The molecular weight excluding hydrogens is 424 g/mol. The van der Waals surface area contributed by atoms with Gasteiger partial charge < -0.3 is 18.9 Å². The van der Waals surface area contributed by atoms with Gasteiger partial charge in [-0.15, -0.1) is 0 Å². The predicted octanol–water partition coefficient (Wildman–Crippen LogP) is 2.59. The van der Waals surface area contributed by atoms with Crippen molar-refractivity contribution in [1.82, 2.24) is 9.62 Å². The van der Waals surface area contributed by atoms with Crippen LogP contribution >= 0.6 is 0 Å². The van der Waals surface area contributed by atoms with E-state index in [1.54, 1.807) is 13.2 Å². The number of carbonyl (C=O) groups excluding carboxylic acids is 2. The molecule has 1 saturated heterocycles. The normalized spacial score (nSPS) is 16.7. The van der Waals surface area contributed by atoms with Gasteiger partial charge in [0.1, 0.15) is 5.76 Å². The molecule has 0 radical (unpaired) electrons. The van der Waals surface area contributed by atoms with Gasteiger partial charge >= 0.3 is 5.97 Å². The maximum absolute atomic E-state index is 12.8. The molecule has 170 valence electrons. The largest absolute Gasteiger partial charge is 0.469 e. The van der Waals surface area contributed by atoms with Crippen LogP contribution in [0.5, 0.6) is 0 Å². The van der Waals surface area contributed by atoms with E-state index in [-0.39, 0.29) is 48.4 Å². The Morgan fingerprint density at radius 2 is 2.00 bits per heavy atom. The average molecular weight is 453 g/mol. The van der Waals surface area contributed by atoms with E-state index in [9.17, 15) is 18.0 Å². The Bertz CT molecular complexity index is 973. The smallest absolute Gasteiger partial charge is 0.374 e. The Labute approximate surface area is 181 Å². The van der Waals surface area contributed by atoms with Gasteiger partial charge in [-0.25, -0.2) is 13.2 Å². The Balaban J connectivity index is 1.50. The van der Waals surface area contributed by atoms with E-state index < -0.39 is 16.0 Å². The minimum atomic E-state index is -3.88. The molecular formula is C21H28N2O7S. The number of furan rings is 2. The molecule has 1 aliphatic heterocycles. The first kappa shape index (κ1) is 23.1. The summed E-state index contributed by atoms with van der Waals surface area (Å²) >= 11 is 0. The van der Waals surface area contributed by atoms with Gasteiger partial charge in [0.15, 0.2) is 0 Å². The van der Waals surface area contributed by atoms with E-state index in [0.29, 0.717) is 12.8 Å². The van der Waals surface area contributed by atoms with E-state index in [4.69, 9.17) is 13.6 Å². The van der Waals surface area contributed by atoms with E-state index >= 15 is 0 Å². The molecule has 10 heteroatoms. The standard InChI is InChI=1S/C21H28N2O7S/c1-3-28-21(25)18-8-9-19(30-18)31(26,27)23-12-10-16(11-13-23)20(24)22-15(2)6-7-17-5-4-14-29-17/h4-5,8-9,14-16H,3,6-7,10-13H2,1-2H3,(H,22,24). The number of aryl methyl sites for hydroxylation is 1. The Morgan fingerprint density at radius 1 is 1.26 bits per heavy atom. The number of piperidine rings is 1. The first-order valence-corrected chi connectivity index (χ1v) is 11.8. The van der Waals surface area contributed by atoms with Crippen LogP contribution in [0.15, 0.2) is 44.5 Å². The molecule has 1 fully saturated rings. The summed E-state index contributed by atoms with van der Waals surface area (Å²) in [7, 11) is -3.88. The lowest BCUT2D eigenvalue weighted by molar-refractivity contribution is -0.126. The molecule has 1 amide bonds. The molecule has 3 rings (SSSR count). The maximum Gasteiger partial charge on any atom is 0.374 e. The molecule has 1 atom stereocenters. The third-order valence-electron chi connectivity index (χ3n) is 5.27. The van der Waals surface area contributed by atoms with Crippen molar-refractivity contribution in [2.75, 3.05) is 19.7 Å². The number of sulfonamides is 1. The van der Waals surface area contributed by atoms with E-state index in [1.165, 1.54) is 16.4 Å². The molecule has 0 bridgehead atoms. The minimum Gasteiger partial charge on any atom is -0.469 e. The fourth-order valence-electron chi connectivity index (χ4n) is 3.50. The summed E-state index contributed by atoms with van der Waals surface area (Å²) in [5.74, 6) is -0.293. The Hall–Kier alpha value is -2.59. The monoisotopic (exact) mass is 452 g/mol. The topological polar surface area (TPSA) is 119 Å². The SMILES string of the molecule is CCOC(=O)c1ccc(S(=O)(=O)N2CCC(C(=O)NC(C)CCc3ccco3)CC2)o1. The number of rotatable bonds is 9. The van der Waals surface area contributed by atoms with Crippen LogP contribution in [0.2, 0.25) is 0 Å². The highest BCUT2D eigenvalue weighted by Gasteiger charge is 2.34. The molecule has 1 N–H and O–H groups in total. The molecule has 0 aliphatic carbocycles. The Kier molecular flexibility index (Phi) is 7.55. The lowest BCUT2D eigenvalue weighted by Gasteiger charge is -2.30. The molecule has 0 aromatic carbocycles. The van der Waals surface area contributed by atoms with Crippen LogP contribution in [0, 0.1) is 5.92 Å². The number of esters is 1. The Morgan fingerprint density at radius 3 is 2.65 bits per heavy atom. The highest BCUT2D eigenvalue weighted by Crippen LogP contribution is 2.25. The molecule has 0 saturated carbocycles. The first-order chi connectivity index (χ1) is 14.8. The second-order valence-corrected chi connectivity index (χ2v) is 9.41. The molecule has 2 aromatic rings. The second kappa shape index (κ2) is 10.1. The summed E-state index contributed by atoms with van der Waals surface area (Å²) in [6.45, 7) is 4.17. The zero-order valence-corrected chi connectivity index (χ0v) is 18.5. The van der Waals surface area contributed by atoms with Crippen LogP contribution in [0.1, 0.15) is 49.4 Å². The zero-order valence-electron chi connectivity index (χ0n) is 17.7. The molecule has 3 heterocycles. The molecule has 1 unspecified atom stereocenters. The maximum atomic E-state index is 12.8. The molecule has 0 spiro atoms. The summed E-state index contributed by atoms with van der Waals surface area (Å²) in [4.78, 5) is 24.3. The van der Waals surface area contributed by atoms with Crippen molar-refractivity contribution in [3.8, 4) is 0 Å². The number of nitrogens with one attached hydrogen (secondary N) is 1. The van der Waals surface area contributed by atoms with Crippen molar-refractivity contribution >= 4 is 21.9 Å². The van der Waals surface area contributed by atoms with Crippen molar-refractivity contribution in [2.24, 2.45) is 5.92 Å². The molecule has 9 nitrogen and oxygen atoms in total. The van der Waals surface area contributed by atoms with E-state index in [2.05, 4.69) is 5.32 Å². The molecule has 2 aromatic heterocycles. The lowest BCUT2D eigenvalue weighted by atomic mass is 9.96. The molecule has 1 aliphatic rings. The predicted molar refractivity (Wildman–Crippen MR) is 111 cm³/mol. The number of carbonyl (C=O) groups is 2. The fraction of sp³-hybridized carbons (Fsp3) is 0.524. The number of hydrogen-bond acceptors (Lipinski definition) is 7. The van der Waals surface area contributed by atoms with Crippen molar-refractivity contribution in [1.29, 1.82) is 0 Å². The summed E-state index contributed by atoms with van der Waals surface area (Å²) in [5.41, 5.74) is 0. The van der Waals surface area contributed by atoms with Gasteiger partial charge in [-0.05, 0) is 57.4 Å². The number of hydrogen-bond donors (Lipinski definition) is 1. The van der Waals surface area contributed by atoms with Crippen LogP contribution in [-0.4, -0.2) is 50.3 Å². The van der Waals surface area contributed by atoms with Crippen LogP contribution in [0.25, 0.3) is 0 Å². The van der Waals surface area contributed by atoms with Crippen LogP contribution < -0.4 is 5.32 Å². The summed E-state index contributed by atoms with van der Waals surface area (Å²) < 4.78 is 42.2. The van der Waals surface area contributed by atoms with Crippen LogP contribution in [0.4, 0.5) is 0 Å². The van der Waals surface area contributed by atoms with Crippen molar-refractivity contribution in [3.63, 3.8) is 0 Å². The van der Waals surface area contributed by atoms with E-state index in [0.717, 1.165) is 18.6 Å². The van der Waals surface area contributed by atoms with Gasteiger partial charge in [-0.3, -0.25) is 4.79 Å². The van der Waals surface area contributed by atoms with Gasteiger partial charge in [-0.2, -0.15) is 4.31 Å². The van der Waals surface area contributed by atoms with Crippen LogP contribution in [0.3, 0.4) is 0 Å². The minimum absolute atomic E-state index is 0.0104. The van der Waals surface area contributed by atoms with Gasteiger partial charge in [0.25, 0.3) is 10.0 Å². The second-order valence-electron chi connectivity index (χ2n) is 7.55. The summed E-state index contributed by atoms with van der Waals surface area (Å²) in [6.07, 6.45) is 3.96. The average Bonchev–Trinajstić information content (AvgIpc) is 3.45.